The van der Waals surface area contributed by atoms with Crippen LogP contribution in [0.15, 0.2) is 0 Å². The largest absolute Gasteiger partial charge is 0.435 e. The molecule has 0 saturated heterocycles. The molecule has 1 saturated carbocycles. The molecule has 1 atom stereocenters. The fourth-order valence-corrected chi connectivity index (χ4v) is 3.27. The Labute approximate surface area is 121 Å². The van der Waals surface area contributed by atoms with Crippen molar-refractivity contribution in [1.82, 2.24) is 9.78 Å². The van der Waals surface area contributed by atoms with Crippen LogP contribution in [0.25, 0.3) is 0 Å². The van der Waals surface area contributed by atoms with Crippen LogP contribution >= 0.6 is 0 Å². The lowest BCUT2D eigenvalue weighted by Gasteiger charge is -2.26. The molecule has 0 spiro atoms. The summed E-state index contributed by atoms with van der Waals surface area (Å²) < 4.78 is 80.4. The first-order valence-corrected chi connectivity index (χ1v) is 6.99. The quantitative estimate of drug-likeness (QED) is 0.800. The second kappa shape index (κ2) is 4.87. The van der Waals surface area contributed by atoms with Crippen LogP contribution in [-0.4, -0.2) is 27.0 Å². The Morgan fingerprint density at radius 2 is 1.73 bits per heavy atom. The van der Waals surface area contributed by atoms with E-state index in [0.717, 1.165) is 4.68 Å². The van der Waals surface area contributed by atoms with Crippen LogP contribution in [0.4, 0.5) is 26.3 Å². The van der Waals surface area contributed by atoms with Gasteiger partial charge in [-0.3, -0.25) is 4.68 Å². The number of hydrogen-bond donors (Lipinski definition) is 1. The molecule has 1 heterocycles. The lowest BCUT2D eigenvalue weighted by atomic mass is 9.94. The highest BCUT2D eigenvalue weighted by Gasteiger charge is 2.55. The van der Waals surface area contributed by atoms with Gasteiger partial charge < -0.3 is 5.11 Å². The van der Waals surface area contributed by atoms with Crippen LogP contribution in [-0.2, 0) is 12.6 Å². The van der Waals surface area contributed by atoms with E-state index in [9.17, 15) is 31.4 Å². The maximum atomic E-state index is 13.6. The maximum absolute atomic E-state index is 13.6. The molecule has 124 valence electrons. The van der Waals surface area contributed by atoms with Gasteiger partial charge in [0.25, 0.3) is 5.92 Å². The molecule has 2 aliphatic carbocycles. The first kappa shape index (κ1) is 15.6. The zero-order valence-electron chi connectivity index (χ0n) is 11.4. The first-order valence-electron chi connectivity index (χ1n) is 6.99. The zero-order valence-corrected chi connectivity index (χ0v) is 11.4. The third-order valence-corrected chi connectivity index (χ3v) is 4.37. The van der Waals surface area contributed by atoms with Crippen molar-refractivity contribution in [3.05, 3.63) is 17.0 Å². The SMILES string of the molecule is O[C@H]1c2c(C(F)(F)F)nn(C3CCC(F)CC3)c2CC1(F)F. The van der Waals surface area contributed by atoms with Crippen LogP contribution in [0.5, 0.6) is 0 Å². The van der Waals surface area contributed by atoms with Crippen molar-refractivity contribution in [3.8, 4) is 0 Å². The van der Waals surface area contributed by atoms with Crippen LogP contribution < -0.4 is 0 Å². The van der Waals surface area contributed by atoms with Gasteiger partial charge in [0.1, 0.15) is 12.3 Å². The van der Waals surface area contributed by atoms with Crippen molar-refractivity contribution in [2.45, 2.75) is 62.5 Å². The monoisotopic (exact) mass is 328 g/mol. The average molecular weight is 328 g/mol. The third kappa shape index (κ3) is 2.39. The van der Waals surface area contributed by atoms with Gasteiger partial charge in [0.05, 0.1) is 18.2 Å². The maximum Gasteiger partial charge on any atom is 0.435 e. The minimum atomic E-state index is -4.92. The highest BCUT2D eigenvalue weighted by atomic mass is 19.4. The number of rotatable bonds is 1. The van der Waals surface area contributed by atoms with Crippen molar-refractivity contribution >= 4 is 0 Å². The summed E-state index contributed by atoms with van der Waals surface area (Å²) >= 11 is 0. The van der Waals surface area contributed by atoms with Gasteiger partial charge in [0.2, 0.25) is 0 Å². The van der Waals surface area contributed by atoms with Crippen molar-refractivity contribution in [1.29, 1.82) is 0 Å². The van der Waals surface area contributed by atoms with E-state index in [1.165, 1.54) is 0 Å². The normalized spacial score (nSPS) is 31.3. The second-order valence-corrected chi connectivity index (χ2v) is 5.90. The van der Waals surface area contributed by atoms with Gasteiger partial charge in [-0.1, -0.05) is 0 Å². The van der Waals surface area contributed by atoms with Gasteiger partial charge in [-0.25, -0.2) is 13.2 Å². The van der Waals surface area contributed by atoms with Crippen LogP contribution in [0.1, 0.15) is 54.8 Å². The van der Waals surface area contributed by atoms with E-state index < -0.39 is 48.1 Å². The molecule has 1 N–H and O–H groups in total. The zero-order chi connectivity index (χ0) is 16.3. The number of aromatic nitrogens is 2. The van der Waals surface area contributed by atoms with Gasteiger partial charge in [-0.15, -0.1) is 0 Å². The Kier molecular flexibility index (Phi) is 3.46. The fraction of sp³-hybridized carbons (Fsp3) is 0.769. The summed E-state index contributed by atoms with van der Waals surface area (Å²) in [5, 5.41) is 13.0. The Balaban J connectivity index is 2.05. The fourth-order valence-electron chi connectivity index (χ4n) is 3.27. The van der Waals surface area contributed by atoms with E-state index in [1.807, 2.05) is 0 Å². The molecular weight excluding hydrogens is 314 g/mol. The topological polar surface area (TPSA) is 38.1 Å². The Morgan fingerprint density at radius 1 is 1.14 bits per heavy atom. The Morgan fingerprint density at radius 3 is 2.27 bits per heavy atom. The summed E-state index contributed by atoms with van der Waals surface area (Å²) in [5.74, 6) is -3.65. The highest BCUT2D eigenvalue weighted by Crippen LogP contribution is 2.49. The average Bonchev–Trinajstić information content (AvgIpc) is 2.86. The van der Waals surface area contributed by atoms with Gasteiger partial charge in [0, 0.05) is 5.56 Å². The van der Waals surface area contributed by atoms with Gasteiger partial charge in [-0.05, 0) is 25.7 Å². The van der Waals surface area contributed by atoms with E-state index in [0.29, 0.717) is 0 Å². The number of hydrogen-bond acceptors (Lipinski definition) is 2. The molecule has 0 amide bonds. The minimum absolute atomic E-state index is 0.166. The number of fused-ring (bicyclic) bond motifs is 1. The minimum Gasteiger partial charge on any atom is -0.382 e. The molecule has 9 heteroatoms. The lowest BCUT2D eigenvalue weighted by molar-refractivity contribution is -0.146. The summed E-state index contributed by atoms with van der Waals surface area (Å²) in [4.78, 5) is 0. The molecule has 1 fully saturated rings. The number of nitrogens with zero attached hydrogens (tertiary/aromatic N) is 2. The summed E-state index contributed by atoms with van der Waals surface area (Å²) in [6, 6.07) is -0.544. The number of alkyl halides is 6. The molecule has 3 rings (SSSR count). The smallest absolute Gasteiger partial charge is 0.382 e. The predicted octanol–water partition coefficient (Wildman–Crippen LogP) is 3.58. The first-order chi connectivity index (χ1) is 10.1. The molecule has 1 aromatic rings. The van der Waals surface area contributed by atoms with E-state index in [2.05, 4.69) is 5.10 Å². The summed E-state index contributed by atoms with van der Waals surface area (Å²) in [6.07, 6.45) is -8.61. The predicted molar refractivity (Wildman–Crippen MR) is 63.2 cm³/mol. The standard InChI is InChI=1S/C13H14F6N2O/c14-6-1-3-7(4-2-6)21-8-5-12(15,16)11(22)9(8)10(20-21)13(17,18)19/h6-7,11,22H,1-5H2/t6?,7?,11-/m0/s1. The molecule has 0 unspecified atom stereocenters. The second-order valence-electron chi connectivity index (χ2n) is 5.90. The summed E-state index contributed by atoms with van der Waals surface area (Å²) in [7, 11) is 0. The molecule has 0 bridgehead atoms. The highest BCUT2D eigenvalue weighted by molar-refractivity contribution is 5.38. The molecular formula is C13H14F6N2O. The molecule has 2 aliphatic rings. The molecule has 22 heavy (non-hydrogen) atoms. The third-order valence-electron chi connectivity index (χ3n) is 4.37. The van der Waals surface area contributed by atoms with E-state index in [1.54, 1.807) is 0 Å². The molecule has 0 aliphatic heterocycles. The van der Waals surface area contributed by atoms with Crippen molar-refractivity contribution in [2.24, 2.45) is 0 Å². The van der Waals surface area contributed by atoms with Crippen molar-refractivity contribution < 1.29 is 31.4 Å². The van der Waals surface area contributed by atoms with E-state index >= 15 is 0 Å². The Hall–Kier alpha value is -1.25. The van der Waals surface area contributed by atoms with Gasteiger partial charge >= 0.3 is 6.18 Å². The van der Waals surface area contributed by atoms with Crippen LogP contribution in [0, 0.1) is 0 Å². The van der Waals surface area contributed by atoms with E-state index in [4.69, 9.17) is 0 Å². The molecule has 0 radical (unpaired) electrons. The lowest BCUT2D eigenvalue weighted by Crippen LogP contribution is -2.26. The Bertz CT molecular complexity index is 574. The van der Waals surface area contributed by atoms with Crippen molar-refractivity contribution in [2.75, 3.05) is 0 Å². The number of aliphatic hydroxyl groups is 1. The number of aliphatic hydroxyl groups excluding tert-OH is 1. The van der Waals surface area contributed by atoms with E-state index in [-0.39, 0.29) is 31.4 Å². The number of halogens is 6. The van der Waals surface area contributed by atoms with Crippen LogP contribution in [0.3, 0.4) is 0 Å². The van der Waals surface area contributed by atoms with Crippen LogP contribution in [0.2, 0.25) is 0 Å². The summed E-state index contributed by atoms with van der Waals surface area (Å²) in [6.45, 7) is 0. The van der Waals surface area contributed by atoms with Crippen molar-refractivity contribution in [3.63, 3.8) is 0 Å². The van der Waals surface area contributed by atoms with Gasteiger partial charge in [-0.2, -0.15) is 18.3 Å². The molecule has 0 aromatic carbocycles. The van der Waals surface area contributed by atoms with Gasteiger partial charge in [0.15, 0.2) is 5.69 Å². The summed E-state index contributed by atoms with van der Waals surface area (Å²) in [5.41, 5.74) is -2.58. The molecule has 1 aromatic heterocycles. The molecule has 3 nitrogen and oxygen atoms in total.